The molecule has 0 aliphatic carbocycles. The van der Waals surface area contributed by atoms with Crippen LogP contribution in [0.2, 0.25) is 5.02 Å². The van der Waals surface area contributed by atoms with Crippen molar-refractivity contribution in [1.82, 2.24) is 0 Å². The first-order valence-corrected chi connectivity index (χ1v) is 5.67. The largest absolute Gasteiger partial charge is 0.618 e. The first-order chi connectivity index (χ1) is 8.16. The Kier molecular flexibility index (Phi) is 3.45. The lowest BCUT2D eigenvalue weighted by molar-refractivity contribution is -0.354. The van der Waals surface area contributed by atoms with Crippen LogP contribution in [0.15, 0.2) is 48.5 Å². The molecule has 0 unspecified atom stereocenters. The number of aryl methyl sites for hydroxylation is 1. The van der Waals surface area contributed by atoms with E-state index in [1.54, 1.807) is 18.2 Å². The molecule has 0 aromatic heterocycles. The van der Waals surface area contributed by atoms with E-state index in [1.807, 2.05) is 37.3 Å². The van der Waals surface area contributed by atoms with Gasteiger partial charge in [0.2, 0.25) is 5.69 Å². The third kappa shape index (κ3) is 2.86. The summed E-state index contributed by atoms with van der Waals surface area (Å²) in [6.45, 7) is 1.93. The number of nitrogens with zero attached hydrogens (tertiary/aromatic N) is 1. The molecule has 86 valence electrons. The van der Waals surface area contributed by atoms with E-state index in [0.717, 1.165) is 15.9 Å². The summed E-state index contributed by atoms with van der Waals surface area (Å²) in [5, 5.41) is 12.5. The zero-order valence-electron chi connectivity index (χ0n) is 9.43. The van der Waals surface area contributed by atoms with Crippen molar-refractivity contribution in [2.45, 2.75) is 6.92 Å². The zero-order valence-corrected chi connectivity index (χ0v) is 10.2. The number of para-hydroxylation sites is 1. The second-order valence-electron chi connectivity index (χ2n) is 3.80. The third-order valence-electron chi connectivity index (χ3n) is 2.47. The maximum Gasteiger partial charge on any atom is 0.216 e. The van der Waals surface area contributed by atoms with Gasteiger partial charge in [-0.2, -0.15) is 4.74 Å². The highest BCUT2D eigenvalue weighted by molar-refractivity contribution is 6.31. The van der Waals surface area contributed by atoms with Gasteiger partial charge in [-0.1, -0.05) is 35.9 Å². The van der Waals surface area contributed by atoms with Crippen LogP contribution in [0.25, 0.3) is 0 Å². The Labute approximate surface area is 105 Å². The third-order valence-corrected chi connectivity index (χ3v) is 2.88. The van der Waals surface area contributed by atoms with Gasteiger partial charge >= 0.3 is 0 Å². The van der Waals surface area contributed by atoms with Crippen LogP contribution in [0, 0.1) is 12.1 Å². The molecule has 0 radical (unpaired) electrons. The van der Waals surface area contributed by atoms with E-state index < -0.39 is 0 Å². The second-order valence-corrected chi connectivity index (χ2v) is 4.21. The van der Waals surface area contributed by atoms with E-state index in [0.29, 0.717) is 10.7 Å². The smallest absolute Gasteiger partial charge is 0.216 e. The maximum atomic E-state index is 11.8. The fourth-order valence-corrected chi connectivity index (χ4v) is 1.66. The highest BCUT2D eigenvalue weighted by Gasteiger charge is 2.02. The molecule has 0 aliphatic rings. The molecule has 0 amide bonds. The van der Waals surface area contributed by atoms with Crippen LogP contribution in [-0.4, -0.2) is 11.0 Å². The molecule has 3 heteroatoms. The Bertz CT molecular complexity index is 549. The van der Waals surface area contributed by atoms with E-state index in [2.05, 4.69) is 0 Å². The van der Waals surface area contributed by atoms with Gasteiger partial charge < -0.3 is 5.21 Å². The van der Waals surface area contributed by atoms with Crippen molar-refractivity contribution in [3.63, 3.8) is 0 Å². The Morgan fingerprint density at radius 2 is 1.82 bits per heavy atom. The lowest BCUT2D eigenvalue weighted by Gasteiger charge is -2.03. The SMILES string of the molecule is Cc1ccc(C=[N+]([O-])c2ccccc2)cc1Cl. The van der Waals surface area contributed by atoms with Gasteiger partial charge in [-0.05, 0) is 24.6 Å². The minimum atomic E-state index is 0.601. The van der Waals surface area contributed by atoms with E-state index in [1.165, 1.54) is 6.21 Å². The molecule has 0 N–H and O–H groups in total. The quantitative estimate of drug-likeness (QED) is 0.341. The Morgan fingerprint density at radius 1 is 1.12 bits per heavy atom. The zero-order chi connectivity index (χ0) is 12.3. The summed E-state index contributed by atoms with van der Waals surface area (Å²) in [5.41, 5.74) is 2.39. The first-order valence-electron chi connectivity index (χ1n) is 5.29. The maximum absolute atomic E-state index is 11.8. The normalized spacial score (nSPS) is 11.5. The van der Waals surface area contributed by atoms with Crippen molar-refractivity contribution >= 4 is 23.5 Å². The molecule has 17 heavy (non-hydrogen) atoms. The first kappa shape index (κ1) is 11.7. The molecule has 2 nitrogen and oxygen atoms in total. The van der Waals surface area contributed by atoms with Crippen LogP contribution < -0.4 is 0 Å². The molecular weight excluding hydrogens is 234 g/mol. The lowest BCUT2D eigenvalue weighted by Crippen LogP contribution is -1.98. The van der Waals surface area contributed by atoms with E-state index in [4.69, 9.17) is 11.6 Å². The molecule has 0 atom stereocenters. The average Bonchev–Trinajstić information content (AvgIpc) is 2.35. The highest BCUT2D eigenvalue weighted by Crippen LogP contribution is 2.16. The van der Waals surface area contributed by atoms with Crippen molar-refractivity contribution in [3.05, 3.63) is 69.9 Å². The molecule has 0 saturated carbocycles. The van der Waals surface area contributed by atoms with Crippen molar-refractivity contribution < 1.29 is 4.74 Å². The summed E-state index contributed by atoms with van der Waals surface area (Å²) in [6.07, 6.45) is 1.51. The van der Waals surface area contributed by atoms with E-state index in [-0.39, 0.29) is 0 Å². The Balaban J connectivity index is 2.33. The standard InChI is InChI=1S/C14H12ClNO/c1-11-7-8-12(9-14(11)15)10-16(17)13-5-3-2-4-6-13/h2-10H,1H3. The highest BCUT2D eigenvalue weighted by atomic mass is 35.5. The molecular formula is C14H12ClNO. The minimum Gasteiger partial charge on any atom is -0.618 e. The predicted molar refractivity (Wildman–Crippen MR) is 71.1 cm³/mol. The molecule has 2 aromatic rings. The molecule has 0 spiro atoms. The van der Waals surface area contributed by atoms with Crippen molar-refractivity contribution in [2.24, 2.45) is 0 Å². The van der Waals surface area contributed by atoms with Gasteiger partial charge in [0.25, 0.3) is 0 Å². The summed E-state index contributed by atoms with van der Waals surface area (Å²) in [5.74, 6) is 0. The van der Waals surface area contributed by atoms with Gasteiger partial charge in [0.15, 0.2) is 6.21 Å². The van der Waals surface area contributed by atoms with Gasteiger partial charge in [0.1, 0.15) is 0 Å². The van der Waals surface area contributed by atoms with E-state index >= 15 is 0 Å². The van der Waals surface area contributed by atoms with Crippen LogP contribution >= 0.6 is 11.6 Å². The summed E-state index contributed by atoms with van der Waals surface area (Å²) in [6, 6.07) is 14.6. The topological polar surface area (TPSA) is 26.1 Å². The number of rotatable bonds is 2. The average molecular weight is 246 g/mol. The molecule has 2 rings (SSSR count). The van der Waals surface area contributed by atoms with Crippen LogP contribution in [0.3, 0.4) is 0 Å². The Morgan fingerprint density at radius 3 is 2.47 bits per heavy atom. The van der Waals surface area contributed by atoms with Gasteiger partial charge in [-0.3, -0.25) is 0 Å². The number of benzene rings is 2. The van der Waals surface area contributed by atoms with Gasteiger partial charge in [0.05, 0.1) is 0 Å². The van der Waals surface area contributed by atoms with Gasteiger partial charge in [-0.15, -0.1) is 0 Å². The summed E-state index contributed by atoms with van der Waals surface area (Å²) >= 11 is 6.00. The molecule has 0 heterocycles. The number of hydrogen-bond donors (Lipinski definition) is 0. The van der Waals surface area contributed by atoms with Crippen LogP contribution in [0.4, 0.5) is 5.69 Å². The molecule has 2 aromatic carbocycles. The van der Waals surface area contributed by atoms with Crippen LogP contribution in [0.5, 0.6) is 0 Å². The summed E-state index contributed by atoms with van der Waals surface area (Å²) in [4.78, 5) is 0. The fraction of sp³-hybridized carbons (Fsp3) is 0.0714. The van der Waals surface area contributed by atoms with Crippen molar-refractivity contribution in [1.29, 1.82) is 0 Å². The predicted octanol–water partition coefficient (Wildman–Crippen LogP) is 3.91. The lowest BCUT2D eigenvalue weighted by atomic mass is 10.2. The fourth-order valence-electron chi connectivity index (χ4n) is 1.47. The van der Waals surface area contributed by atoms with Crippen molar-refractivity contribution in [2.75, 3.05) is 0 Å². The molecule has 0 saturated heterocycles. The monoisotopic (exact) mass is 245 g/mol. The molecule has 0 fully saturated rings. The van der Waals surface area contributed by atoms with Crippen LogP contribution in [0.1, 0.15) is 11.1 Å². The van der Waals surface area contributed by atoms with Gasteiger partial charge in [0, 0.05) is 22.7 Å². The van der Waals surface area contributed by atoms with Gasteiger partial charge in [-0.25, -0.2) is 0 Å². The molecule has 0 bridgehead atoms. The Hall–Kier alpha value is -1.80. The number of hydrogen-bond acceptors (Lipinski definition) is 1. The second kappa shape index (κ2) is 5.02. The molecule has 0 aliphatic heterocycles. The van der Waals surface area contributed by atoms with Crippen molar-refractivity contribution in [3.8, 4) is 0 Å². The summed E-state index contributed by atoms with van der Waals surface area (Å²) < 4.78 is 0.834. The van der Waals surface area contributed by atoms with Crippen LogP contribution in [-0.2, 0) is 0 Å². The summed E-state index contributed by atoms with van der Waals surface area (Å²) in [7, 11) is 0. The minimum absolute atomic E-state index is 0.601. The van der Waals surface area contributed by atoms with E-state index in [9.17, 15) is 5.21 Å². The number of halogens is 1.